The zero-order valence-electron chi connectivity index (χ0n) is 8.00. The van der Waals surface area contributed by atoms with Gasteiger partial charge in [-0.1, -0.05) is 6.92 Å². The summed E-state index contributed by atoms with van der Waals surface area (Å²) in [6.45, 7) is 3.38. The van der Waals surface area contributed by atoms with E-state index >= 15 is 0 Å². The van der Waals surface area contributed by atoms with Crippen LogP contribution in [0, 0.1) is 0 Å². The molecule has 0 saturated carbocycles. The van der Waals surface area contributed by atoms with Gasteiger partial charge in [-0.05, 0) is 6.42 Å². The number of aromatic nitrogens is 2. The highest BCUT2D eigenvalue weighted by atomic mass is 28.2. The molecule has 0 aliphatic rings. The summed E-state index contributed by atoms with van der Waals surface area (Å²) in [4.78, 5) is 18.7. The third-order valence-corrected chi connectivity index (χ3v) is 1.79. The molecule has 0 aromatic carbocycles. The molecular weight excluding hydrogens is 198 g/mol. The standard InChI is InChI=1S/C8H10N3O2Si/c1-3-6-4-9-8(13-14)11-7(6)10-5(2)12/h4H,3H2,1-2H3,(H,9,10,11,12). The number of aryl methyl sites for hydroxylation is 1. The van der Waals surface area contributed by atoms with Crippen LogP contribution < -0.4 is 9.74 Å². The van der Waals surface area contributed by atoms with Gasteiger partial charge in [-0.3, -0.25) is 4.79 Å². The van der Waals surface area contributed by atoms with Gasteiger partial charge in [0.25, 0.3) is 0 Å². The van der Waals surface area contributed by atoms with Gasteiger partial charge >= 0.3 is 16.5 Å². The molecule has 0 atom stereocenters. The predicted octanol–water partition coefficient (Wildman–Crippen LogP) is 0.460. The number of rotatable bonds is 3. The van der Waals surface area contributed by atoms with Crippen molar-refractivity contribution >= 4 is 22.2 Å². The highest BCUT2D eigenvalue weighted by Gasteiger charge is 2.06. The van der Waals surface area contributed by atoms with Gasteiger partial charge in [0.15, 0.2) is 0 Å². The summed E-state index contributed by atoms with van der Waals surface area (Å²) < 4.78 is 4.67. The van der Waals surface area contributed by atoms with Crippen molar-refractivity contribution < 1.29 is 9.22 Å². The average molecular weight is 208 g/mol. The lowest BCUT2D eigenvalue weighted by atomic mass is 10.2. The summed E-state index contributed by atoms with van der Waals surface area (Å²) in [7, 11) is 2.81. The van der Waals surface area contributed by atoms with E-state index in [9.17, 15) is 4.79 Å². The Morgan fingerprint density at radius 2 is 2.43 bits per heavy atom. The number of carbonyl (C=O) groups is 1. The Hall–Kier alpha value is -1.43. The SMILES string of the molecule is CCc1cnc(O[Si])nc1NC(C)=O. The van der Waals surface area contributed by atoms with Crippen molar-refractivity contribution in [3.8, 4) is 6.01 Å². The van der Waals surface area contributed by atoms with E-state index in [0.29, 0.717) is 5.82 Å². The predicted molar refractivity (Wildman–Crippen MR) is 52.1 cm³/mol. The Balaban J connectivity index is 3.01. The molecule has 1 rings (SSSR count). The van der Waals surface area contributed by atoms with Crippen LogP contribution in [0.3, 0.4) is 0 Å². The van der Waals surface area contributed by atoms with Crippen LogP contribution in [0.1, 0.15) is 19.4 Å². The molecule has 1 aromatic rings. The average Bonchev–Trinajstić information content (AvgIpc) is 2.16. The Morgan fingerprint density at radius 3 is 2.93 bits per heavy atom. The summed E-state index contributed by atoms with van der Waals surface area (Å²) in [6, 6.07) is 0.169. The summed E-state index contributed by atoms with van der Waals surface area (Å²) >= 11 is 0. The van der Waals surface area contributed by atoms with E-state index in [0.717, 1.165) is 12.0 Å². The van der Waals surface area contributed by atoms with Crippen LogP contribution in [0.2, 0.25) is 0 Å². The van der Waals surface area contributed by atoms with Crippen LogP contribution in [-0.2, 0) is 11.2 Å². The molecule has 1 amide bonds. The lowest BCUT2D eigenvalue weighted by Crippen LogP contribution is -2.11. The normalized spacial score (nSPS) is 9.64. The van der Waals surface area contributed by atoms with E-state index in [1.165, 1.54) is 6.92 Å². The molecule has 0 aliphatic heterocycles. The van der Waals surface area contributed by atoms with Crippen molar-refractivity contribution in [1.29, 1.82) is 0 Å². The van der Waals surface area contributed by atoms with Crippen LogP contribution in [0.4, 0.5) is 5.82 Å². The molecule has 0 saturated heterocycles. The molecule has 0 unspecified atom stereocenters. The van der Waals surface area contributed by atoms with Crippen molar-refractivity contribution in [1.82, 2.24) is 9.97 Å². The molecule has 14 heavy (non-hydrogen) atoms. The molecule has 1 aromatic heterocycles. The monoisotopic (exact) mass is 208 g/mol. The van der Waals surface area contributed by atoms with Crippen LogP contribution >= 0.6 is 0 Å². The largest absolute Gasteiger partial charge is 0.514 e. The maximum atomic E-state index is 10.9. The Labute approximate surface area is 85.4 Å². The lowest BCUT2D eigenvalue weighted by Gasteiger charge is -2.07. The second-order valence-electron chi connectivity index (χ2n) is 2.66. The highest BCUT2D eigenvalue weighted by molar-refractivity contribution is 5.99. The zero-order valence-corrected chi connectivity index (χ0v) is 9.00. The number of carbonyl (C=O) groups excluding carboxylic acids is 1. The fraction of sp³-hybridized carbons (Fsp3) is 0.375. The lowest BCUT2D eigenvalue weighted by molar-refractivity contribution is -0.114. The number of amides is 1. The van der Waals surface area contributed by atoms with Crippen LogP contribution in [0.5, 0.6) is 6.01 Å². The highest BCUT2D eigenvalue weighted by Crippen LogP contribution is 2.14. The Morgan fingerprint density at radius 1 is 1.71 bits per heavy atom. The van der Waals surface area contributed by atoms with Crippen molar-refractivity contribution in [2.24, 2.45) is 0 Å². The smallest absolute Gasteiger partial charge is 0.345 e. The number of anilines is 1. The van der Waals surface area contributed by atoms with Gasteiger partial charge in [-0.2, -0.15) is 4.98 Å². The molecular formula is C8H10N3O2Si. The van der Waals surface area contributed by atoms with Gasteiger partial charge in [-0.25, -0.2) is 4.98 Å². The number of hydrogen-bond acceptors (Lipinski definition) is 4. The molecule has 0 spiro atoms. The van der Waals surface area contributed by atoms with E-state index < -0.39 is 0 Å². The van der Waals surface area contributed by atoms with Crippen molar-refractivity contribution in [3.63, 3.8) is 0 Å². The Bertz CT molecular complexity index is 343. The third-order valence-electron chi connectivity index (χ3n) is 1.61. The first-order valence-corrected chi connectivity index (χ1v) is 4.55. The summed E-state index contributed by atoms with van der Waals surface area (Å²) in [5, 5.41) is 2.61. The van der Waals surface area contributed by atoms with E-state index in [4.69, 9.17) is 0 Å². The molecule has 1 N–H and O–H groups in total. The molecule has 0 aliphatic carbocycles. The van der Waals surface area contributed by atoms with Crippen LogP contribution in [0.15, 0.2) is 6.20 Å². The summed E-state index contributed by atoms with van der Waals surface area (Å²) in [6.07, 6.45) is 2.37. The van der Waals surface area contributed by atoms with Crippen molar-refractivity contribution in [2.75, 3.05) is 5.32 Å². The maximum Gasteiger partial charge on any atom is 0.345 e. The fourth-order valence-corrected chi connectivity index (χ4v) is 1.07. The first-order chi connectivity index (χ1) is 6.67. The van der Waals surface area contributed by atoms with E-state index in [-0.39, 0.29) is 11.9 Å². The molecule has 73 valence electrons. The minimum Gasteiger partial charge on any atom is -0.514 e. The van der Waals surface area contributed by atoms with Gasteiger partial charge < -0.3 is 9.74 Å². The maximum absolute atomic E-state index is 10.9. The minimum atomic E-state index is -0.168. The molecule has 0 bridgehead atoms. The molecule has 3 radical (unpaired) electrons. The first kappa shape index (κ1) is 10.6. The van der Waals surface area contributed by atoms with E-state index in [1.807, 2.05) is 6.92 Å². The van der Waals surface area contributed by atoms with Gasteiger partial charge in [0.2, 0.25) is 5.91 Å². The van der Waals surface area contributed by atoms with E-state index in [2.05, 4.69) is 30.2 Å². The molecule has 1 heterocycles. The minimum absolute atomic E-state index is 0.168. The topological polar surface area (TPSA) is 64.1 Å². The second kappa shape index (κ2) is 4.71. The quantitative estimate of drug-likeness (QED) is 0.733. The van der Waals surface area contributed by atoms with Gasteiger partial charge in [0, 0.05) is 18.7 Å². The van der Waals surface area contributed by atoms with Gasteiger partial charge in [0.1, 0.15) is 5.82 Å². The summed E-state index contributed by atoms with van der Waals surface area (Å²) in [5.41, 5.74) is 0.868. The van der Waals surface area contributed by atoms with Crippen LogP contribution in [-0.4, -0.2) is 26.4 Å². The second-order valence-corrected chi connectivity index (χ2v) is 2.87. The first-order valence-electron chi connectivity index (χ1n) is 4.14. The molecule has 5 nitrogen and oxygen atoms in total. The Kier molecular flexibility index (Phi) is 3.58. The number of hydrogen-bond donors (Lipinski definition) is 1. The number of nitrogens with zero attached hydrogens (tertiary/aromatic N) is 2. The van der Waals surface area contributed by atoms with Crippen molar-refractivity contribution in [2.45, 2.75) is 20.3 Å². The number of nitrogens with one attached hydrogen (secondary N) is 1. The van der Waals surface area contributed by atoms with Gasteiger partial charge in [0.05, 0.1) is 0 Å². The third kappa shape index (κ3) is 2.53. The fourth-order valence-electron chi connectivity index (χ4n) is 0.973. The summed E-state index contributed by atoms with van der Waals surface area (Å²) in [5.74, 6) is 0.321. The van der Waals surface area contributed by atoms with Crippen molar-refractivity contribution in [3.05, 3.63) is 11.8 Å². The molecule has 0 fully saturated rings. The van der Waals surface area contributed by atoms with Crippen LogP contribution in [0.25, 0.3) is 0 Å². The molecule has 6 heteroatoms. The van der Waals surface area contributed by atoms with Gasteiger partial charge in [-0.15, -0.1) is 0 Å². The van der Waals surface area contributed by atoms with E-state index in [1.54, 1.807) is 6.20 Å². The zero-order chi connectivity index (χ0) is 10.6.